The van der Waals surface area contributed by atoms with Gasteiger partial charge < -0.3 is 10.6 Å². The molecule has 0 atom stereocenters. The minimum absolute atomic E-state index is 0. The second kappa shape index (κ2) is 13.6. The number of guanidine groups is 1. The number of nitrogens with one attached hydrogen (secondary N) is 2. The van der Waals surface area contributed by atoms with Gasteiger partial charge in [0.2, 0.25) is 0 Å². The van der Waals surface area contributed by atoms with Gasteiger partial charge in [-0.2, -0.15) is 0 Å². The molecule has 0 aliphatic heterocycles. The summed E-state index contributed by atoms with van der Waals surface area (Å²) in [6.07, 6.45) is 0.988. The molecule has 0 heterocycles. The number of hydrogen-bond donors (Lipinski definition) is 2. The summed E-state index contributed by atoms with van der Waals surface area (Å²) in [6, 6.07) is 19.3. The van der Waals surface area contributed by atoms with E-state index in [4.69, 9.17) is 0 Å². The van der Waals surface area contributed by atoms with Crippen LogP contribution in [0.4, 0.5) is 0 Å². The first-order valence-electron chi connectivity index (χ1n) is 9.53. The highest BCUT2D eigenvalue weighted by Crippen LogP contribution is 2.07. The van der Waals surface area contributed by atoms with Crippen molar-refractivity contribution >= 4 is 29.9 Å². The Morgan fingerprint density at radius 2 is 1.48 bits per heavy atom. The van der Waals surface area contributed by atoms with Crippen molar-refractivity contribution in [2.24, 2.45) is 4.99 Å². The van der Waals surface area contributed by atoms with Crippen LogP contribution in [0.3, 0.4) is 0 Å². The Labute approximate surface area is 181 Å². The van der Waals surface area contributed by atoms with Crippen LogP contribution in [-0.4, -0.2) is 37.5 Å². The topological polar surface area (TPSA) is 39.7 Å². The number of rotatable bonds is 9. The molecule has 0 aromatic heterocycles. The fraction of sp³-hybridized carbons (Fsp3) is 0.409. The molecule has 0 saturated heterocycles. The Morgan fingerprint density at radius 3 is 2.07 bits per heavy atom. The molecule has 0 spiro atoms. The molecule has 0 fully saturated rings. The predicted octanol–water partition coefficient (Wildman–Crippen LogP) is 4.05. The van der Waals surface area contributed by atoms with Crippen molar-refractivity contribution < 1.29 is 0 Å². The zero-order valence-electron chi connectivity index (χ0n) is 16.7. The summed E-state index contributed by atoms with van der Waals surface area (Å²) in [5, 5.41) is 6.76. The minimum atomic E-state index is 0. The summed E-state index contributed by atoms with van der Waals surface area (Å²) in [5.74, 6) is 0.841. The third-order valence-corrected chi connectivity index (χ3v) is 4.56. The van der Waals surface area contributed by atoms with Crippen LogP contribution >= 0.6 is 24.0 Å². The zero-order chi connectivity index (χ0) is 18.6. The molecule has 0 amide bonds. The SMILES string of the molecule is CCN(CC)Cc1ccc(CNC(=NC)NCCc2ccccc2)cc1.I. The van der Waals surface area contributed by atoms with E-state index in [0.29, 0.717) is 0 Å². The van der Waals surface area contributed by atoms with Crippen molar-refractivity contribution in [3.05, 3.63) is 71.3 Å². The fourth-order valence-electron chi connectivity index (χ4n) is 2.84. The van der Waals surface area contributed by atoms with Crippen LogP contribution in [0.1, 0.15) is 30.5 Å². The molecule has 0 radical (unpaired) electrons. The third kappa shape index (κ3) is 8.75. The van der Waals surface area contributed by atoms with Gasteiger partial charge in [-0.05, 0) is 36.2 Å². The molecule has 2 N–H and O–H groups in total. The summed E-state index contributed by atoms with van der Waals surface area (Å²) < 4.78 is 0. The van der Waals surface area contributed by atoms with E-state index in [0.717, 1.165) is 45.1 Å². The summed E-state index contributed by atoms with van der Waals surface area (Å²) in [4.78, 5) is 6.72. The number of halogens is 1. The number of nitrogens with zero attached hydrogens (tertiary/aromatic N) is 2. The number of hydrogen-bond acceptors (Lipinski definition) is 2. The maximum Gasteiger partial charge on any atom is 0.191 e. The Hall–Kier alpha value is -1.60. The predicted molar refractivity (Wildman–Crippen MR) is 127 cm³/mol. The van der Waals surface area contributed by atoms with E-state index in [-0.39, 0.29) is 24.0 Å². The standard InChI is InChI=1S/C22H32N4.HI/c1-4-26(5-2)18-21-13-11-20(12-14-21)17-25-22(23-3)24-16-15-19-9-7-6-8-10-19;/h6-14H,4-5,15-18H2,1-3H3,(H2,23,24,25);1H. The van der Waals surface area contributed by atoms with Gasteiger partial charge in [0.25, 0.3) is 0 Å². The molecule has 27 heavy (non-hydrogen) atoms. The van der Waals surface area contributed by atoms with E-state index in [9.17, 15) is 0 Å². The lowest BCUT2D eigenvalue weighted by molar-refractivity contribution is 0.296. The van der Waals surface area contributed by atoms with Crippen LogP contribution in [-0.2, 0) is 19.5 Å². The molecule has 5 heteroatoms. The van der Waals surface area contributed by atoms with Gasteiger partial charge in [0.1, 0.15) is 0 Å². The third-order valence-electron chi connectivity index (χ3n) is 4.56. The fourth-order valence-corrected chi connectivity index (χ4v) is 2.84. The van der Waals surface area contributed by atoms with Crippen LogP contribution in [0, 0.1) is 0 Å². The summed E-state index contributed by atoms with van der Waals surface area (Å²) in [7, 11) is 1.81. The Bertz CT molecular complexity index is 652. The van der Waals surface area contributed by atoms with Crippen molar-refractivity contribution in [3.63, 3.8) is 0 Å². The van der Waals surface area contributed by atoms with Crippen molar-refractivity contribution in [1.82, 2.24) is 15.5 Å². The van der Waals surface area contributed by atoms with Gasteiger partial charge in [0.05, 0.1) is 0 Å². The average Bonchev–Trinajstić information content (AvgIpc) is 2.70. The molecule has 0 aliphatic carbocycles. The molecular formula is C22H33IN4. The van der Waals surface area contributed by atoms with E-state index in [2.05, 4.69) is 82.9 Å². The Kier molecular flexibility index (Phi) is 11.8. The van der Waals surface area contributed by atoms with Crippen molar-refractivity contribution in [2.75, 3.05) is 26.7 Å². The average molecular weight is 480 g/mol. The summed E-state index contributed by atoms with van der Waals surface area (Å²) in [6.45, 7) is 9.25. The van der Waals surface area contributed by atoms with E-state index in [1.165, 1.54) is 16.7 Å². The molecule has 2 aromatic carbocycles. The molecule has 2 rings (SSSR count). The minimum Gasteiger partial charge on any atom is -0.356 e. The molecule has 4 nitrogen and oxygen atoms in total. The zero-order valence-corrected chi connectivity index (χ0v) is 19.1. The highest BCUT2D eigenvalue weighted by Gasteiger charge is 2.02. The lowest BCUT2D eigenvalue weighted by Crippen LogP contribution is -2.37. The molecule has 0 bridgehead atoms. The normalized spacial score (nSPS) is 11.2. The first kappa shape index (κ1) is 23.4. The van der Waals surface area contributed by atoms with Gasteiger partial charge in [0.15, 0.2) is 5.96 Å². The monoisotopic (exact) mass is 480 g/mol. The van der Waals surface area contributed by atoms with Crippen LogP contribution < -0.4 is 10.6 Å². The quantitative estimate of drug-likeness (QED) is 0.323. The van der Waals surface area contributed by atoms with Crippen LogP contribution in [0.25, 0.3) is 0 Å². The molecule has 2 aromatic rings. The lowest BCUT2D eigenvalue weighted by Gasteiger charge is -2.18. The van der Waals surface area contributed by atoms with Gasteiger partial charge in [0, 0.05) is 26.7 Å². The first-order valence-corrected chi connectivity index (χ1v) is 9.53. The van der Waals surface area contributed by atoms with E-state index in [1.807, 2.05) is 13.1 Å². The summed E-state index contributed by atoms with van der Waals surface area (Å²) in [5.41, 5.74) is 3.96. The van der Waals surface area contributed by atoms with Crippen LogP contribution in [0.5, 0.6) is 0 Å². The molecule has 0 unspecified atom stereocenters. The largest absolute Gasteiger partial charge is 0.356 e. The highest BCUT2D eigenvalue weighted by atomic mass is 127. The van der Waals surface area contributed by atoms with Gasteiger partial charge in [-0.15, -0.1) is 24.0 Å². The van der Waals surface area contributed by atoms with Crippen LogP contribution in [0.2, 0.25) is 0 Å². The Morgan fingerprint density at radius 1 is 0.852 bits per heavy atom. The van der Waals surface area contributed by atoms with Gasteiger partial charge in [-0.25, -0.2) is 0 Å². The maximum absolute atomic E-state index is 4.30. The smallest absolute Gasteiger partial charge is 0.191 e. The molecular weight excluding hydrogens is 447 g/mol. The number of aliphatic imine (C=N–C) groups is 1. The van der Waals surface area contributed by atoms with Crippen molar-refractivity contribution in [2.45, 2.75) is 33.4 Å². The molecule has 0 saturated carbocycles. The van der Waals surface area contributed by atoms with Crippen LogP contribution in [0.15, 0.2) is 59.6 Å². The maximum atomic E-state index is 4.30. The molecule has 148 valence electrons. The van der Waals surface area contributed by atoms with E-state index in [1.54, 1.807) is 0 Å². The van der Waals surface area contributed by atoms with Crippen molar-refractivity contribution in [3.8, 4) is 0 Å². The second-order valence-electron chi connectivity index (χ2n) is 6.37. The van der Waals surface area contributed by atoms with Crippen molar-refractivity contribution in [1.29, 1.82) is 0 Å². The van der Waals surface area contributed by atoms with E-state index < -0.39 is 0 Å². The second-order valence-corrected chi connectivity index (χ2v) is 6.37. The van der Waals surface area contributed by atoms with Gasteiger partial charge >= 0.3 is 0 Å². The number of benzene rings is 2. The lowest BCUT2D eigenvalue weighted by atomic mass is 10.1. The first-order chi connectivity index (χ1) is 12.7. The Balaban J connectivity index is 0.00000364. The van der Waals surface area contributed by atoms with E-state index >= 15 is 0 Å². The van der Waals surface area contributed by atoms with Gasteiger partial charge in [-0.3, -0.25) is 9.89 Å². The highest BCUT2D eigenvalue weighted by molar-refractivity contribution is 14.0. The summed E-state index contributed by atoms with van der Waals surface area (Å²) >= 11 is 0. The van der Waals surface area contributed by atoms with Gasteiger partial charge in [-0.1, -0.05) is 68.4 Å². The molecule has 0 aliphatic rings.